The van der Waals surface area contributed by atoms with Crippen LogP contribution in [0.4, 0.5) is 0 Å². The van der Waals surface area contributed by atoms with Gasteiger partial charge in [-0.05, 0) is 6.92 Å². The summed E-state index contributed by atoms with van der Waals surface area (Å²) in [5.41, 5.74) is 5.59. The zero-order chi connectivity index (χ0) is 10.7. The Balaban J connectivity index is 2.64. The molecule has 3 N–H and O–H groups in total. The second-order valence-corrected chi connectivity index (χ2v) is 3.34. The average molecular weight is 198 g/mol. The predicted octanol–water partition coefficient (Wildman–Crippen LogP) is -0.547. The highest BCUT2D eigenvalue weighted by Gasteiger charge is 2.12. The zero-order valence-electron chi connectivity index (χ0n) is 8.21. The van der Waals surface area contributed by atoms with Gasteiger partial charge in [-0.25, -0.2) is 0 Å². The maximum Gasteiger partial charge on any atom is 0.222 e. The first-order valence-corrected chi connectivity index (χ1v) is 4.38. The van der Waals surface area contributed by atoms with Crippen molar-refractivity contribution in [1.29, 1.82) is 0 Å². The number of hydrogen-bond donors (Lipinski definition) is 2. The second-order valence-electron chi connectivity index (χ2n) is 3.34. The van der Waals surface area contributed by atoms with Crippen molar-refractivity contribution >= 4 is 5.91 Å². The molecule has 0 spiro atoms. The Morgan fingerprint density at radius 2 is 2.36 bits per heavy atom. The quantitative estimate of drug-likeness (QED) is 0.678. The first-order chi connectivity index (χ1) is 6.50. The third-order valence-electron chi connectivity index (χ3n) is 1.93. The van der Waals surface area contributed by atoms with Crippen molar-refractivity contribution < 1.29 is 9.90 Å². The fourth-order valence-corrected chi connectivity index (χ4v) is 0.965. The Bertz CT molecular complexity index is 321. The third-order valence-corrected chi connectivity index (χ3v) is 1.93. The van der Waals surface area contributed by atoms with E-state index in [-0.39, 0.29) is 11.8 Å². The number of primary amides is 1. The summed E-state index contributed by atoms with van der Waals surface area (Å²) in [5.74, 6) is -0.669. The first kappa shape index (κ1) is 10.6. The molecule has 6 heteroatoms. The van der Waals surface area contributed by atoms with Gasteiger partial charge in [0.2, 0.25) is 5.91 Å². The fraction of sp³-hybridized carbons (Fsp3) is 0.625. The van der Waals surface area contributed by atoms with Crippen molar-refractivity contribution in [1.82, 2.24) is 15.0 Å². The van der Waals surface area contributed by atoms with E-state index >= 15 is 0 Å². The van der Waals surface area contributed by atoms with Gasteiger partial charge in [0.1, 0.15) is 5.69 Å². The molecule has 1 aromatic rings. The van der Waals surface area contributed by atoms with Crippen molar-refractivity contribution in [2.45, 2.75) is 26.5 Å². The molecule has 78 valence electrons. The molecule has 0 saturated carbocycles. The van der Waals surface area contributed by atoms with E-state index < -0.39 is 6.10 Å². The summed E-state index contributed by atoms with van der Waals surface area (Å²) in [6.07, 6.45) is 0.956. The van der Waals surface area contributed by atoms with E-state index in [1.54, 1.807) is 20.0 Å². The first-order valence-electron chi connectivity index (χ1n) is 4.38. The van der Waals surface area contributed by atoms with E-state index in [1.165, 1.54) is 4.68 Å². The number of nitrogens with two attached hydrogens (primary N) is 1. The summed E-state index contributed by atoms with van der Waals surface area (Å²) in [6, 6.07) is 0. The molecule has 0 aliphatic rings. The lowest BCUT2D eigenvalue weighted by molar-refractivity contribution is -0.121. The highest BCUT2D eigenvalue weighted by atomic mass is 16.3. The van der Waals surface area contributed by atoms with Gasteiger partial charge < -0.3 is 10.8 Å². The molecule has 6 nitrogen and oxygen atoms in total. The molecule has 0 aromatic carbocycles. The number of hydrogen-bond acceptors (Lipinski definition) is 4. The summed E-state index contributed by atoms with van der Waals surface area (Å²) < 4.78 is 1.50. The van der Waals surface area contributed by atoms with Crippen molar-refractivity contribution in [3.8, 4) is 0 Å². The van der Waals surface area contributed by atoms with E-state index in [2.05, 4.69) is 10.3 Å². The molecular formula is C8H14N4O2. The Morgan fingerprint density at radius 1 is 1.71 bits per heavy atom. The lowest BCUT2D eigenvalue weighted by Crippen LogP contribution is -2.24. The highest BCUT2D eigenvalue weighted by Crippen LogP contribution is 2.07. The van der Waals surface area contributed by atoms with Crippen molar-refractivity contribution in [3.63, 3.8) is 0 Å². The maximum absolute atomic E-state index is 10.8. The summed E-state index contributed by atoms with van der Waals surface area (Å²) in [7, 11) is 0. The molecule has 1 rings (SSSR count). The Hall–Kier alpha value is -1.43. The van der Waals surface area contributed by atoms with Crippen LogP contribution in [-0.2, 0) is 11.3 Å². The normalized spacial score (nSPS) is 15.1. The molecule has 1 amide bonds. The van der Waals surface area contributed by atoms with Crippen molar-refractivity contribution in [2.24, 2.45) is 11.7 Å². The number of aromatic nitrogens is 3. The van der Waals surface area contributed by atoms with E-state index in [9.17, 15) is 9.90 Å². The molecule has 1 aromatic heterocycles. The molecular weight excluding hydrogens is 184 g/mol. The van der Waals surface area contributed by atoms with Crippen LogP contribution < -0.4 is 5.73 Å². The third kappa shape index (κ3) is 2.53. The molecule has 0 aliphatic carbocycles. The number of aliphatic hydroxyl groups excluding tert-OH is 1. The van der Waals surface area contributed by atoms with Crippen LogP contribution in [0.5, 0.6) is 0 Å². The number of amides is 1. The van der Waals surface area contributed by atoms with Gasteiger partial charge in [-0.3, -0.25) is 9.48 Å². The van der Waals surface area contributed by atoms with E-state index in [0.717, 1.165) is 0 Å². The summed E-state index contributed by atoms with van der Waals surface area (Å²) >= 11 is 0. The van der Waals surface area contributed by atoms with Crippen LogP contribution in [-0.4, -0.2) is 26.0 Å². The monoisotopic (exact) mass is 198 g/mol. The lowest BCUT2D eigenvalue weighted by atomic mass is 10.2. The molecule has 2 atom stereocenters. The van der Waals surface area contributed by atoms with Crippen LogP contribution in [0.1, 0.15) is 25.6 Å². The Kier molecular flexibility index (Phi) is 3.19. The van der Waals surface area contributed by atoms with Crippen LogP contribution >= 0.6 is 0 Å². The molecule has 0 radical (unpaired) electrons. The van der Waals surface area contributed by atoms with Gasteiger partial charge in [0.05, 0.1) is 24.8 Å². The number of carbonyl (C=O) groups excluding carboxylic acids is 1. The SMILES string of the molecule is CC(Cn1cc(C(C)O)nn1)C(N)=O. The second kappa shape index (κ2) is 4.19. The summed E-state index contributed by atoms with van der Waals surface area (Å²) in [5, 5.41) is 16.7. The van der Waals surface area contributed by atoms with Crippen LogP contribution in [0.2, 0.25) is 0 Å². The lowest BCUT2D eigenvalue weighted by Gasteiger charge is -2.05. The minimum Gasteiger partial charge on any atom is -0.387 e. The van der Waals surface area contributed by atoms with Crippen LogP contribution in [0, 0.1) is 5.92 Å². The number of nitrogens with zero attached hydrogens (tertiary/aromatic N) is 3. The van der Waals surface area contributed by atoms with Crippen molar-refractivity contribution in [2.75, 3.05) is 0 Å². The van der Waals surface area contributed by atoms with E-state index in [1.807, 2.05) is 0 Å². The maximum atomic E-state index is 10.8. The van der Waals surface area contributed by atoms with E-state index in [0.29, 0.717) is 12.2 Å². The van der Waals surface area contributed by atoms with Gasteiger partial charge in [-0.1, -0.05) is 12.1 Å². The smallest absolute Gasteiger partial charge is 0.222 e. The minimum atomic E-state index is -0.646. The van der Waals surface area contributed by atoms with Gasteiger partial charge >= 0.3 is 0 Å². The van der Waals surface area contributed by atoms with Gasteiger partial charge in [0, 0.05) is 0 Å². The molecule has 1 heterocycles. The number of carbonyl (C=O) groups is 1. The zero-order valence-corrected chi connectivity index (χ0v) is 8.21. The molecule has 0 aliphatic heterocycles. The van der Waals surface area contributed by atoms with E-state index in [4.69, 9.17) is 5.73 Å². The molecule has 14 heavy (non-hydrogen) atoms. The average Bonchev–Trinajstić information content (AvgIpc) is 2.52. The van der Waals surface area contributed by atoms with Gasteiger partial charge in [0.25, 0.3) is 0 Å². The van der Waals surface area contributed by atoms with Gasteiger partial charge in [0.15, 0.2) is 0 Å². The van der Waals surface area contributed by atoms with Crippen LogP contribution in [0.25, 0.3) is 0 Å². The fourth-order valence-electron chi connectivity index (χ4n) is 0.965. The largest absolute Gasteiger partial charge is 0.387 e. The number of rotatable bonds is 4. The standard InChI is InChI=1S/C8H14N4O2/c1-5(8(9)14)3-12-4-7(6(2)13)10-11-12/h4-6,13H,3H2,1-2H3,(H2,9,14). The topological polar surface area (TPSA) is 94.0 Å². The van der Waals surface area contributed by atoms with Gasteiger partial charge in [-0.15, -0.1) is 5.10 Å². The predicted molar refractivity (Wildman–Crippen MR) is 49.0 cm³/mol. The molecule has 0 bridgehead atoms. The van der Waals surface area contributed by atoms with Crippen LogP contribution in [0.3, 0.4) is 0 Å². The summed E-state index contributed by atoms with van der Waals surface area (Å²) in [4.78, 5) is 10.8. The minimum absolute atomic E-state index is 0.293. The highest BCUT2D eigenvalue weighted by molar-refractivity contribution is 5.76. The Labute approximate surface area is 81.7 Å². The molecule has 0 saturated heterocycles. The molecule has 2 unspecified atom stereocenters. The van der Waals surface area contributed by atoms with Crippen molar-refractivity contribution in [3.05, 3.63) is 11.9 Å². The number of aliphatic hydroxyl groups is 1. The van der Waals surface area contributed by atoms with Crippen LogP contribution in [0.15, 0.2) is 6.20 Å². The summed E-state index contributed by atoms with van der Waals surface area (Å²) in [6.45, 7) is 3.70. The molecule has 0 fully saturated rings. The Morgan fingerprint density at radius 3 is 2.79 bits per heavy atom. The van der Waals surface area contributed by atoms with Gasteiger partial charge in [-0.2, -0.15) is 0 Å².